The molecule has 5 rings (SSSR count). The van der Waals surface area contributed by atoms with Gasteiger partial charge in [0.15, 0.2) is 0 Å². The number of nitrogens with zero attached hydrogens (tertiary/aromatic N) is 3. The van der Waals surface area contributed by atoms with Crippen LogP contribution in [0.4, 0.5) is 11.5 Å². The molecule has 1 aromatic heterocycles. The molecule has 3 aromatic rings. The van der Waals surface area contributed by atoms with Gasteiger partial charge in [-0.3, -0.25) is 9.59 Å². The van der Waals surface area contributed by atoms with E-state index in [1.807, 2.05) is 56.3 Å². The number of aryl methyl sites for hydroxylation is 2. The number of hydrogen-bond acceptors (Lipinski definition) is 4. The summed E-state index contributed by atoms with van der Waals surface area (Å²) in [6.07, 6.45) is 0.195. The smallest absolute Gasteiger partial charge is 0.230 e. The highest BCUT2D eigenvalue weighted by atomic mass is 35.5. The van der Waals surface area contributed by atoms with Gasteiger partial charge < -0.3 is 10.2 Å². The first kappa shape index (κ1) is 21.1. The Balaban J connectivity index is 1.40. The number of amides is 2. The molecule has 0 aliphatic carbocycles. The van der Waals surface area contributed by atoms with Crippen molar-refractivity contribution in [1.29, 1.82) is 0 Å². The maximum atomic E-state index is 13.2. The largest absolute Gasteiger partial charge is 0.312 e. The van der Waals surface area contributed by atoms with Crippen LogP contribution in [0.25, 0.3) is 5.69 Å². The molecule has 0 bridgehead atoms. The van der Waals surface area contributed by atoms with Crippen LogP contribution in [-0.2, 0) is 21.1 Å². The van der Waals surface area contributed by atoms with Crippen LogP contribution in [0.1, 0.15) is 28.8 Å². The van der Waals surface area contributed by atoms with Crippen LogP contribution in [0.15, 0.2) is 42.5 Å². The molecule has 1 N–H and O–H groups in total. The normalized spacial score (nSPS) is 17.7. The first-order valence-electron chi connectivity index (χ1n) is 10.5. The number of hydrogen-bond donors (Lipinski definition) is 1. The molecule has 1 atom stereocenters. The summed E-state index contributed by atoms with van der Waals surface area (Å²) >= 11 is 7.96. The van der Waals surface area contributed by atoms with E-state index in [1.165, 1.54) is 5.56 Å². The lowest BCUT2D eigenvalue weighted by Crippen LogP contribution is -2.29. The molecule has 2 aliphatic rings. The lowest BCUT2D eigenvalue weighted by molar-refractivity contribution is -0.122. The number of aromatic nitrogens is 2. The Morgan fingerprint density at radius 1 is 1.12 bits per heavy atom. The number of halogens is 1. The average Bonchev–Trinajstić information content (AvgIpc) is 3.46. The molecular formula is C24H23ClN4O2S. The second-order valence-corrected chi connectivity index (χ2v) is 9.74. The van der Waals surface area contributed by atoms with Crippen molar-refractivity contribution in [1.82, 2.24) is 9.78 Å². The van der Waals surface area contributed by atoms with Gasteiger partial charge in [-0.15, -0.1) is 0 Å². The fourth-order valence-corrected chi connectivity index (χ4v) is 5.40. The highest BCUT2D eigenvalue weighted by Crippen LogP contribution is 2.37. The third-order valence-electron chi connectivity index (χ3n) is 6.14. The number of nitrogens with one attached hydrogen (secondary N) is 1. The SMILES string of the molecule is Cc1ccc(N2CC(C(=O)Nc3c4c(nn3-c3cccc(Cl)c3)CSC4)CC2=O)cc1C. The molecule has 8 heteroatoms. The highest BCUT2D eigenvalue weighted by molar-refractivity contribution is 7.98. The van der Waals surface area contributed by atoms with Gasteiger partial charge in [-0.05, 0) is 55.3 Å². The fraction of sp³-hybridized carbons (Fsp3) is 0.292. The topological polar surface area (TPSA) is 67.2 Å². The summed E-state index contributed by atoms with van der Waals surface area (Å²) in [5.74, 6) is 1.67. The maximum Gasteiger partial charge on any atom is 0.230 e. The van der Waals surface area contributed by atoms with Crippen molar-refractivity contribution in [2.45, 2.75) is 31.8 Å². The number of rotatable bonds is 4. The van der Waals surface area contributed by atoms with Gasteiger partial charge in [0, 0.05) is 40.7 Å². The number of anilines is 2. The molecule has 2 aliphatic heterocycles. The Hall–Kier alpha value is -2.77. The van der Waals surface area contributed by atoms with E-state index in [0.29, 0.717) is 17.4 Å². The van der Waals surface area contributed by atoms with Gasteiger partial charge in [0.2, 0.25) is 11.8 Å². The van der Waals surface area contributed by atoms with Crippen molar-refractivity contribution in [2.75, 3.05) is 16.8 Å². The van der Waals surface area contributed by atoms with Gasteiger partial charge in [-0.2, -0.15) is 16.9 Å². The van der Waals surface area contributed by atoms with Crippen molar-refractivity contribution in [3.8, 4) is 5.69 Å². The molecule has 1 saturated heterocycles. The summed E-state index contributed by atoms with van der Waals surface area (Å²) < 4.78 is 1.76. The Bertz CT molecular complexity index is 1240. The maximum absolute atomic E-state index is 13.2. The lowest BCUT2D eigenvalue weighted by atomic mass is 10.1. The highest BCUT2D eigenvalue weighted by Gasteiger charge is 2.36. The zero-order valence-electron chi connectivity index (χ0n) is 17.9. The summed E-state index contributed by atoms with van der Waals surface area (Å²) in [6, 6.07) is 13.4. The molecule has 0 spiro atoms. The fourth-order valence-electron chi connectivity index (χ4n) is 4.18. The van der Waals surface area contributed by atoms with Crippen molar-refractivity contribution in [2.24, 2.45) is 5.92 Å². The zero-order chi connectivity index (χ0) is 22.4. The van der Waals surface area contributed by atoms with E-state index in [0.717, 1.165) is 39.7 Å². The van der Waals surface area contributed by atoms with Crippen molar-refractivity contribution < 1.29 is 9.59 Å². The predicted molar refractivity (Wildman–Crippen MR) is 129 cm³/mol. The molecule has 32 heavy (non-hydrogen) atoms. The van der Waals surface area contributed by atoms with E-state index in [9.17, 15) is 9.59 Å². The van der Waals surface area contributed by atoms with Crippen LogP contribution < -0.4 is 10.2 Å². The first-order valence-corrected chi connectivity index (χ1v) is 12.1. The standard InChI is InChI=1S/C24H23ClN4O2S/c1-14-6-7-18(8-15(14)2)28-11-16(9-22(28)30)24(31)26-23-20-12-32-13-21(20)27-29(23)19-5-3-4-17(25)10-19/h3-8,10,16H,9,11-13H2,1-2H3,(H,26,31). The predicted octanol–water partition coefficient (Wildman–Crippen LogP) is 4.88. The second-order valence-electron chi connectivity index (χ2n) is 8.32. The Kier molecular flexibility index (Phi) is 5.47. The average molecular weight is 467 g/mol. The third-order valence-corrected chi connectivity index (χ3v) is 7.35. The summed E-state index contributed by atoms with van der Waals surface area (Å²) in [5.41, 5.74) is 5.96. The van der Waals surface area contributed by atoms with Gasteiger partial charge in [0.05, 0.1) is 17.3 Å². The van der Waals surface area contributed by atoms with E-state index in [-0.39, 0.29) is 18.2 Å². The van der Waals surface area contributed by atoms with Crippen molar-refractivity contribution in [3.63, 3.8) is 0 Å². The zero-order valence-corrected chi connectivity index (χ0v) is 19.5. The molecule has 6 nitrogen and oxygen atoms in total. The molecule has 1 unspecified atom stereocenters. The van der Waals surface area contributed by atoms with Crippen LogP contribution in [0.3, 0.4) is 0 Å². The third kappa shape index (κ3) is 3.80. The Morgan fingerprint density at radius 2 is 1.97 bits per heavy atom. The van der Waals surface area contributed by atoms with Crippen LogP contribution in [-0.4, -0.2) is 28.1 Å². The molecule has 1 fully saturated rings. The summed E-state index contributed by atoms with van der Waals surface area (Å²) in [6.45, 7) is 4.44. The van der Waals surface area contributed by atoms with E-state index in [2.05, 4.69) is 5.32 Å². The quantitative estimate of drug-likeness (QED) is 0.595. The summed E-state index contributed by atoms with van der Waals surface area (Å²) in [5, 5.41) is 8.42. The number of carbonyl (C=O) groups excluding carboxylic acids is 2. The molecule has 2 aromatic carbocycles. The lowest BCUT2D eigenvalue weighted by Gasteiger charge is -2.18. The van der Waals surface area contributed by atoms with Crippen LogP contribution >= 0.6 is 23.4 Å². The van der Waals surface area contributed by atoms with Gasteiger partial charge in [0.25, 0.3) is 0 Å². The molecule has 0 saturated carbocycles. The van der Waals surface area contributed by atoms with Crippen LogP contribution in [0.5, 0.6) is 0 Å². The van der Waals surface area contributed by atoms with E-state index in [4.69, 9.17) is 16.7 Å². The molecule has 164 valence electrons. The minimum Gasteiger partial charge on any atom is -0.312 e. The summed E-state index contributed by atoms with van der Waals surface area (Å²) in [4.78, 5) is 27.7. The van der Waals surface area contributed by atoms with Gasteiger partial charge in [-0.25, -0.2) is 4.68 Å². The number of carbonyl (C=O) groups is 2. The van der Waals surface area contributed by atoms with E-state index in [1.54, 1.807) is 21.3 Å². The molecule has 2 amide bonds. The first-order chi connectivity index (χ1) is 15.4. The monoisotopic (exact) mass is 466 g/mol. The minimum absolute atomic E-state index is 0.0301. The molecule has 3 heterocycles. The number of thioether (sulfide) groups is 1. The van der Waals surface area contributed by atoms with Gasteiger partial charge >= 0.3 is 0 Å². The van der Waals surface area contributed by atoms with Crippen molar-refractivity contribution in [3.05, 3.63) is 69.9 Å². The van der Waals surface area contributed by atoms with E-state index >= 15 is 0 Å². The van der Waals surface area contributed by atoms with E-state index < -0.39 is 5.92 Å². The molecular weight excluding hydrogens is 444 g/mol. The number of benzene rings is 2. The van der Waals surface area contributed by atoms with Crippen LogP contribution in [0, 0.1) is 19.8 Å². The van der Waals surface area contributed by atoms with Crippen molar-refractivity contribution >= 4 is 46.7 Å². The second kappa shape index (κ2) is 8.30. The Labute approximate surface area is 195 Å². The van der Waals surface area contributed by atoms with Crippen LogP contribution in [0.2, 0.25) is 5.02 Å². The summed E-state index contributed by atoms with van der Waals surface area (Å²) in [7, 11) is 0. The minimum atomic E-state index is -0.420. The number of fused-ring (bicyclic) bond motifs is 1. The Morgan fingerprint density at radius 3 is 2.75 bits per heavy atom. The molecule has 0 radical (unpaired) electrons. The van der Waals surface area contributed by atoms with Gasteiger partial charge in [0.1, 0.15) is 5.82 Å². The van der Waals surface area contributed by atoms with Gasteiger partial charge in [-0.1, -0.05) is 23.7 Å².